The summed E-state index contributed by atoms with van der Waals surface area (Å²) in [5.74, 6) is -1.88. The Morgan fingerprint density at radius 3 is 2.47 bits per heavy atom. The molecular formula is C23H26ClF2N5O2S. The average molecular weight is 510 g/mol. The van der Waals surface area contributed by atoms with Gasteiger partial charge >= 0.3 is 0 Å². The zero-order valence-electron chi connectivity index (χ0n) is 19.4. The number of hydrogen-bond donors (Lipinski definition) is 1. The van der Waals surface area contributed by atoms with Crippen molar-refractivity contribution < 1.29 is 17.2 Å². The molecule has 34 heavy (non-hydrogen) atoms. The Bertz CT molecular complexity index is 1350. The number of nitrogens with zero attached hydrogens (tertiary/aromatic N) is 4. The van der Waals surface area contributed by atoms with Crippen LogP contribution in [0, 0.1) is 13.8 Å². The Kier molecular flexibility index (Phi) is 6.41. The monoisotopic (exact) mass is 509 g/mol. The number of aryl methyl sites for hydroxylation is 1. The van der Waals surface area contributed by atoms with Crippen molar-refractivity contribution in [3.05, 3.63) is 51.9 Å². The van der Waals surface area contributed by atoms with Gasteiger partial charge in [-0.2, -0.15) is 0 Å². The number of fused-ring (bicyclic) bond motifs is 1. The number of anilines is 2. The van der Waals surface area contributed by atoms with Gasteiger partial charge in [0.15, 0.2) is 20.6 Å². The van der Waals surface area contributed by atoms with E-state index in [2.05, 4.69) is 20.3 Å². The van der Waals surface area contributed by atoms with Crippen LogP contribution < -0.4 is 10.2 Å². The summed E-state index contributed by atoms with van der Waals surface area (Å²) in [5, 5.41) is 4.18. The van der Waals surface area contributed by atoms with Gasteiger partial charge in [-0.15, -0.1) is 0 Å². The van der Waals surface area contributed by atoms with Gasteiger partial charge in [-0.1, -0.05) is 29.8 Å². The Balaban J connectivity index is 1.73. The van der Waals surface area contributed by atoms with Gasteiger partial charge in [0.05, 0.1) is 28.6 Å². The van der Waals surface area contributed by atoms with Crippen LogP contribution in [-0.4, -0.2) is 48.0 Å². The molecule has 4 rings (SSSR count). The maximum absolute atomic E-state index is 14.0. The average Bonchev–Trinajstić information content (AvgIpc) is 2.72. The van der Waals surface area contributed by atoms with Crippen LogP contribution in [0.15, 0.2) is 24.3 Å². The van der Waals surface area contributed by atoms with Crippen molar-refractivity contribution in [2.24, 2.45) is 0 Å². The summed E-state index contributed by atoms with van der Waals surface area (Å²) in [6.07, 6.45) is 0. The number of sulfone groups is 1. The predicted molar refractivity (Wildman–Crippen MR) is 131 cm³/mol. The maximum atomic E-state index is 14.0. The molecule has 0 aliphatic carbocycles. The number of alkyl halides is 2. The zero-order valence-corrected chi connectivity index (χ0v) is 20.9. The van der Waals surface area contributed by atoms with Crippen LogP contribution >= 0.6 is 11.6 Å². The fraction of sp³-hybridized carbons (Fsp3) is 0.435. The van der Waals surface area contributed by atoms with Crippen molar-refractivity contribution in [3.63, 3.8) is 0 Å². The summed E-state index contributed by atoms with van der Waals surface area (Å²) in [6, 6.07) is 6.35. The van der Waals surface area contributed by atoms with Crippen molar-refractivity contribution in [2.45, 2.75) is 39.7 Å². The zero-order chi connectivity index (χ0) is 24.8. The Morgan fingerprint density at radius 2 is 1.82 bits per heavy atom. The highest BCUT2D eigenvalue weighted by atomic mass is 35.5. The molecule has 1 saturated heterocycles. The van der Waals surface area contributed by atoms with Gasteiger partial charge < -0.3 is 10.2 Å². The van der Waals surface area contributed by atoms with E-state index < -0.39 is 15.8 Å². The topological polar surface area (TPSA) is 88.1 Å². The van der Waals surface area contributed by atoms with Gasteiger partial charge in [0, 0.05) is 25.6 Å². The lowest BCUT2D eigenvalue weighted by Gasteiger charge is -2.29. The first-order valence-corrected chi connectivity index (χ1v) is 13.1. The molecular weight excluding hydrogens is 484 g/mol. The SMILES string of the molecule is Cc1nc(N[C@H](C)c2cccc(C(C)(F)F)c2C)c2cc(N3CCS(=O)(=O)CC3)c(Cl)nc2n1. The third-order valence-corrected chi connectivity index (χ3v) is 7.97. The van der Waals surface area contributed by atoms with Gasteiger partial charge in [0.25, 0.3) is 5.92 Å². The van der Waals surface area contributed by atoms with E-state index in [0.29, 0.717) is 47.0 Å². The lowest BCUT2D eigenvalue weighted by atomic mass is 9.94. The van der Waals surface area contributed by atoms with Crippen LogP contribution in [0.2, 0.25) is 5.15 Å². The highest BCUT2D eigenvalue weighted by Crippen LogP contribution is 2.35. The molecule has 3 aromatic rings. The molecule has 1 fully saturated rings. The van der Waals surface area contributed by atoms with Crippen LogP contribution in [-0.2, 0) is 15.8 Å². The van der Waals surface area contributed by atoms with E-state index in [1.54, 1.807) is 26.0 Å². The number of halogens is 3. The molecule has 3 heterocycles. The first kappa shape index (κ1) is 24.5. The van der Waals surface area contributed by atoms with Crippen molar-refractivity contribution in [1.82, 2.24) is 15.0 Å². The number of nitrogens with one attached hydrogen (secondary N) is 1. The van der Waals surface area contributed by atoms with E-state index in [0.717, 1.165) is 12.5 Å². The quantitative estimate of drug-likeness (QED) is 0.493. The lowest BCUT2D eigenvalue weighted by Crippen LogP contribution is -2.40. The van der Waals surface area contributed by atoms with E-state index in [-0.39, 0.29) is 28.3 Å². The summed E-state index contributed by atoms with van der Waals surface area (Å²) in [4.78, 5) is 15.3. The van der Waals surface area contributed by atoms with Gasteiger partial charge in [-0.25, -0.2) is 32.2 Å². The largest absolute Gasteiger partial charge is 0.367 e. The van der Waals surface area contributed by atoms with E-state index in [1.807, 2.05) is 17.9 Å². The lowest BCUT2D eigenvalue weighted by molar-refractivity contribution is 0.0167. The molecule has 1 aliphatic rings. The minimum Gasteiger partial charge on any atom is -0.367 e. The Labute approximate surface area is 202 Å². The number of rotatable bonds is 5. The second-order valence-electron chi connectivity index (χ2n) is 8.70. The molecule has 0 saturated carbocycles. The standard InChI is InChI=1S/C23H26ClF2N5O2S/c1-13-16(6-5-7-18(13)23(4,25)26)14(2)27-21-17-12-19(31-8-10-34(32,33)11-9-31)20(24)30-22(17)29-15(3)28-21/h5-7,12,14H,8-11H2,1-4H3,(H,27,28,29,30)/t14-/m1/s1. The summed E-state index contributed by atoms with van der Waals surface area (Å²) in [7, 11) is -3.05. The predicted octanol–water partition coefficient (Wildman–Crippen LogP) is 4.81. The molecule has 0 radical (unpaired) electrons. The molecule has 182 valence electrons. The molecule has 1 atom stereocenters. The first-order chi connectivity index (χ1) is 15.9. The van der Waals surface area contributed by atoms with Crippen LogP contribution in [0.1, 0.15) is 42.4 Å². The van der Waals surface area contributed by atoms with Crippen molar-refractivity contribution in [1.29, 1.82) is 0 Å². The van der Waals surface area contributed by atoms with Crippen LogP contribution in [0.25, 0.3) is 11.0 Å². The fourth-order valence-corrected chi connectivity index (χ4v) is 5.75. The Morgan fingerprint density at radius 1 is 1.15 bits per heavy atom. The molecule has 0 unspecified atom stereocenters. The molecule has 1 aromatic carbocycles. The van der Waals surface area contributed by atoms with Gasteiger partial charge in [0.2, 0.25) is 0 Å². The number of hydrogen-bond acceptors (Lipinski definition) is 7. The summed E-state index contributed by atoms with van der Waals surface area (Å²) in [5.41, 5.74) is 2.23. The van der Waals surface area contributed by atoms with E-state index in [9.17, 15) is 17.2 Å². The minimum atomic E-state index is -3.05. The molecule has 0 amide bonds. The maximum Gasteiger partial charge on any atom is 0.270 e. The molecule has 1 N–H and O–H groups in total. The number of pyridine rings is 1. The molecule has 1 aliphatic heterocycles. The highest BCUT2D eigenvalue weighted by Gasteiger charge is 2.28. The summed E-state index contributed by atoms with van der Waals surface area (Å²) < 4.78 is 51.8. The molecule has 11 heteroatoms. The van der Waals surface area contributed by atoms with Crippen molar-refractivity contribution >= 4 is 44.0 Å². The van der Waals surface area contributed by atoms with Crippen LogP contribution in [0.5, 0.6) is 0 Å². The second-order valence-corrected chi connectivity index (χ2v) is 11.4. The highest BCUT2D eigenvalue weighted by molar-refractivity contribution is 7.91. The minimum absolute atomic E-state index is 0.0156. The van der Waals surface area contributed by atoms with Crippen molar-refractivity contribution in [3.8, 4) is 0 Å². The summed E-state index contributed by atoms with van der Waals surface area (Å²) in [6.45, 7) is 6.83. The smallest absolute Gasteiger partial charge is 0.270 e. The normalized spacial score (nSPS) is 17.1. The molecule has 0 bridgehead atoms. The molecule has 2 aromatic heterocycles. The van der Waals surface area contributed by atoms with Gasteiger partial charge in [-0.3, -0.25) is 0 Å². The second kappa shape index (κ2) is 8.88. The van der Waals surface area contributed by atoms with Crippen LogP contribution in [0.3, 0.4) is 0 Å². The summed E-state index contributed by atoms with van der Waals surface area (Å²) >= 11 is 6.44. The number of aromatic nitrogens is 3. The Hall–Kier alpha value is -2.59. The number of benzene rings is 1. The first-order valence-electron chi connectivity index (χ1n) is 10.9. The van der Waals surface area contributed by atoms with Gasteiger partial charge in [0.1, 0.15) is 11.6 Å². The van der Waals surface area contributed by atoms with E-state index in [1.165, 1.54) is 6.07 Å². The van der Waals surface area contributed by atoms with Crippen LogP contribution in [0.4, 0.5) is 20.3 Å². The van der Waals surface area contributed by atoms with E-state index in [4.69, 9.17) is 11.6 Å². The fourth-order valence-electron chi connectivity index (χ4n) is 4.30. The molecule has 7 nitrogen and oxygen atoms in total. The van der Waals surface area contributed by atoms with E-state index >= 15 is 0 Å². The van der Waals surface area contributed by atoms with Gasteiger partial charge in [-0.05, 0) is 38.0 Å². The third kappa shape index (κ3) is 4.93. The van der Waals surface area contributed by atoms with Crippen molar-refractivity contribution in [2.75, 3.05) is 34.8 Å². The third-order valence-electron chi connectivity index (χ3n) is 6.09. The molecule has 0 spiro atoms.